The van der Waals surface area contributed by atoms with Crippen LogP contribution in [0.4, 0.5) is 0 Å². The predicted octanol–water partition coefficient (Wildman–Crippen LogP) is 4.09. The Bertz CT molecular complexity index is 199. The zero-order valence-electron chi connectivity index (χ0n) is 10.7. The van der Waals surface area contributed by atoms with E-state index in [4.69, 9.17) is 5.11 Å². The lowest BCUT2D eigenvalue weighted by molar-refractivity contribution is -0.142. The Morgan fingerprint density at radius 2 is 1.44 bits per heavy atom. The third kappa shape index (κ3) is 5.00. The molecule has 2 aliphatic rings. The Labute approximate surface area is 99.4 Å². The number of carboxylic acids is 1. The number of aliphatic carboxylic acids is 1. The van der Waals surface area contributed by atoms with Crippen LogP contribution in [-0.4, -0.2) is 11.1 Å². The van der Waals surface area contributed by atoms with Crippen LogP contribution in [0.25, 0.3) is 0 Å². The molecular weight excluding hydrogens is 200 g/mol. The zero-order valence-corrected chi connectivity index (χ0v) is 10.7. The molecule has 2 rings (SSSR count). The predicted molar refractivity (Wildman–Crippen MR) is 66.4 cm³/mol. The summed E-state index contributed by atoms with van der Waals surface area (Å²) >= 11 is 0. The fourth-order valence-electron chi connectivity index (χ4n) is 2.84. The summed E-state index contributed by atoms with van der Waals surface area (Å²) in [5, 5.41) is 8.54. The largest absolute Gasteiger partial charge is 0.481 e. The molecule has 0 aromatic rings. The highest BCUT2D eigenvalue weighted by molar-refractivity contribution is 5.69. The molecule has 0 amide bonds. The lowest BCUT2D eigenvalue weighted by Gasteiger charge is -2.16. The van der Waals surface area contributed by atoms with Crippen LogP contribution in [0, 0.1) is 17.8 Å². The molecule has 0 radical (unpaired) electrons. The highest BCUT2D eigenvalue weighted by atomic mass is 16.4. The van der Waals surface area contributed by atoms with Gasteiger partial charge in [-0.2, -0.15) is 0 Å². The summed E-state index contributed by atoms with van der Waals surface area (Å²) < 4.78 is 0. The Hall–Kier alpha value is -0.530. The van der Waals surface area contributed by atoms with Gasteiger partial charge >= 0.3 is 5.97 Å². The first kappa shape index (κ1) is 13.5. The Morgan fingerprint density at radius 1 is 0.938 bits per heavy atom. The average Bonchev–Trinajstić information content (AvgIpc) is 2.65. The molecule has 2 heteroatoms. The topological polar surface area (TPSA) is 37.3 Å². The molecular formula is C14H26O2. The minimum atomic E-state index is -0.602. The van der Waals surface area contributed by atoms with Crippen LogP contribution < -0.4 is 0 Å². The molecule has 2 aliphatic carbocycles. The second-order valence-corrected chi connectivity index (χ2v) is 5.70. The zero-order chi connectivity index (χ0) is 12.0. The number of carbonyl (C=O) groups is 1. The lowest BCUT2D eigenvalue weighted by atomic mass is 9.90. The van der Waals surface area contributed by atoms with Crippen molar-refractivity contribution in [2.45, 2.75) is 65.2 Å². The van der Waals surface area contributed by atoms with E-state index in [1.54, 1.807) is 0 Å². The molecule has 0 aromatic heterocycles. The summed E-state index contributed by atoms with van der Waals surface area (Å²) in [7, 11) is 0. The summed E-state index contributed by atoms with van der Waals surface area (Å²) in [6.45, 7) is 4.70. The maximum atomic E-state index is 10.4. The van der Waals surface area contributed by atoms with Gasteiger partial charge in [-0.15, -0.1) is 0 Å². The van der Waals surface area contributed by atoms with Gasteiger partial charge in [0, 0.05) is 0 Å². The van der Waals surface area contributed by atoms with Crippen molar-refractivity contribution < 1.29 is 9.90 Å². The molecule has 0 aliphatic heterocycles. The van der Waals surface area contributed by atoms with E-state index >= 15 is 0 Å². The fraction of sp³-hybridized carbons (Fsp3) is 0.929. The van der Waals surface area contributed by atoms with Crippen molar-refractivity contribution >= 4 is 5.97 Å². The van der Waals surface area contributed by atoms with Crippen LogP contribution in [0.5, 0.6) is 0 Å². The molecule has 2 fully saturated rings. The van der Waals surface area contributed by atoms with E-state index in [1.165, 1.54) is 25.7 Å². The minimum absolute atomic E-state index is 0.0289. The maximum Gasteiger partial charge on any atom is 0.306 e. The normalized spacial score (nSPS) is 30.6. The van der Waals surface area contributed by atoms with Crippen LogP contribution >= 0.6 is 0 Å². The maximum absolute atomic E-state index is 10.4. The molecule has 94 valence electrons. The Balaban J connectivity index is 0.000000165. The average molecular weight is 226 g/mol. The van der Waals surface area contributed by atoms with Gasteiger partial charge in [0.15, 0.2) is 0 Å². The third-order valence-electron chi connectivity index (χ3n) is 3.91. The second-order valence-electron chi connectivity index (χ2n) is 5.70. The molecule has 1 N–H and O–H groups in total. The standard InChI is InChI=1S/C7H12O2.C7H14/c8-7(9)6-4-2-1-3-5-6;1-6-3-4-7(2)5-6/h6H,1-5H2,(H,8,9);6-7H,3-5H2,1-2H3. The summed E-state index contributed by atoms with van der Waals surface area (Å²) in [5.41, 5.74) is 0. The first-order chi connectivity index (χ1) is 7.59. The highest BCUT2D eigenvalue weighted by Crippen LogP contribution is 2.29. The van der Waals surface area contributed by atoms with Crippen LogP contribution in [0.3, 0.4) is 0 Å². The van der Waals surface area contributed by atoms with Crippen LogP contribution in [-0.2, 0) is 4.79 Å². The molecule has 2 saturated carbocycles. The van der Waals surface area contributed by atoms with E-state index in [2.05, 4.69) is 13.8 Å². The van der Waals surface area contributed by atoms with E-state index in [0.29, 0.717) is 0 Å². The van der Waals surface area contributed by atoms with E-state index < -0.39 is 5.97 Å². The van der Waals surface area contributed by atoms with Gasteiger partial charge in [0.05, 0.1) is 5.92 Å². The Kier molecular flexibility index (Phi) is 5.86. The smallest absolute Gasteiger partial charge is 0.306 e. The van der Waals surface area contributed by atoms with Crippen molar-refractivity contribution in [3.8, 4) is 0 Å². The molecule has 2 unspecified atom stereocenters. The van der Waals surface area contributed by atoms with Crippen LogP contribution in [0.2, 0.25) is 0 Å². The summed E-state index contributed by atoms with van der Waals surface area (Å²) in [4.78, 5) is 10.4. The van der Waals surface area contributed by atoms with E-state index in [-0.39, 0.29) is 5.92 Å². The molecule has 2 nitrogen and oxygen atoms in total. The summed E-state index contributed by atoms with van der Waals surface area (Å²) in [6, 6.07) is 0. The van der Waals surface area contributed by atoms with E-state index in [1.807, 2.05) is 0 Å². The third-order valence-corrected chi connectivity index (χ3v) is 3.91. The first-order valence-corrected chi connectivity index (χ1v) is 6.82. The van der Waals surface area contributed by atoms with Crippen molar-refractivity contribution in [3.63, 3.8) is 0 Å². The van der Waals surface area contributed by atoms with Gasteiger partial charge in [0.2, 0.25) is 0 Å². The molecule has 0 saturated heterocycles. The van der Waals surface area contributed by atoms with Gasteiger partial charge in [-0.05, 0) is 31.1 Å². The molecule has 2 atom stereocenters. The van der Waals surface area contributed by atoms with Gasteiger partial charge in [0.25, 0.3) is 0 Å². The van der Waals surface area contributed by atoms with Gasteiger partial charge in [-0.3, -0.25) is 4.79 Å². The van der Waals surface area contributed by atoms with Crippen molar-refractivity contribution in [3.05, 3.63) is 0 Å². The minimum Gasteiger partial charge on any atom is -0.481 e. The van der Waals surface area contributed by atoms with Gasteiger partial charge < -0.3 is 5.11 Å². The molecule has 16 heavy (non-hydrogen) atoms. The van der Waals surface area contributed by atoms with Crippen LogP contribution in [0.1, 0.15) is 65.2 Å². The second kappa shape index (κ2) is 6.93. The number of hydrogen-bond donors (Lipinski definition) is 1. The van der Waals surface area contributed by atoms with Gasteiger partial charge in [-0.1, -0.05) is 46.0 Å². The molecule has 0 spiro atoms. The summed E-state index contributed by atoms with van der Waals surface area (Å²) in [6.07, 6.45) is 9.66. The SMILES string of the molecule is CC1CCC(C)C1.O=C(O)C1CCCCC1. The quantitative estimate of drug-likeness (QED) is 0.731. The first-order valence-electron chi connectivity index (χ1n) is 6.82. The van der Waals surface area contributed by atoms with Crippen molar-refractivity contribution in [2.75, 3.05) is 0 Å². The van der Waals surface area contributed by atoms with Gasteiger partial charge in [0.1, 0.15) is 0 Å². The number of hydrogen-bond acceptors (Lipinski definition) is 1. The Morgan fingerprint density at radius 3 is 1.69 bits per heavy atom. The lowest BCUT2D eigenvalue weighted by Crippen LogP contribution is -2.16. The van der Waals surface area contributed by atoms with Crippen molar-refractivity contribution in [1.29, 1.82) is 0 Å². The molecule has 0 heterocycles. The summed E-state index contributed by atoms with van der Waals surface area (Å²) in [5.74, 6) is 1.42. The molecule has 0 bridgehead atoms. The van der Waals surface area contributed by atoms with Gasteiger partial charge in [-0.25, -0.2) is 0 Å². The van der Waals surface area contributed by atoms with E-state index in [9.17, 15) is 4.79 Å². The van der Waals surface area contributed by atoms with Crippen molar-refractivity contribution in [1.82, 2.24) is 0 Å². The molecule has 0 aromatic carbocycles. The van der Waals surface area contributed by atoms with E-state index in [0.717, 1.165) is 37.5 Å². The van der Waals surface area contributed by atoms with Crippen molar-refractivity contribution in [2.24, 2.45) is 17.8 Å². The number of carboxylic acid groups (broad SMARTS) is 1. The number of rotatable bonds is 1. The highest BCUT2D eigenvalue weighted by Gasteiger charge is 2.19. The fourth-order valence-corrected chi connectivity index (χ4v) is 2.84. The monoisotopic (exact) mass is 226 g/mol. The van der Waals surface area contributed by atoms with Crippen LogP contribution in [0.15, 0.2) is 0 Å².